The number of carbonyl (C=O) groups is 1. The molecule has 3 nitrogen and oxygen atoms in total. The number of carbonyl (C=O) groups excluding carboxylic acids is 1. The maximum absolute atomic E-state index is 9.36. The van der Waals surface area contributed by atoms with Crippen LogP contribution in [-0.4, -0.2) is 23.6 Å². The van der Waals surface area contributed by atoms with Crippen LogP contribution in [0.25, 0.3) is 0 Å². The van der Waals surface area contributed by atoms with Gasteiger partial charge in [0.2, 0.25) is 0 Å². The molecule has 0 aromatic heterocycles. The van der Waals surface area contributed by atoms with Gasteiger partial charge >= 0.3 is 0 Å². The fourth-order valence-corrected chi connectivity index (χ4v) is 3.10. The predicted molar refractivity (Wildman–Crippen MR) is 106 cm³/mol. The van der Waals surface area contributed by atoms with Gasteiger partial charge in [-0.1, -0.05) is 49.8 Å². The lowest BCUT2D eigenvalue weighted by Gasteiger charge is -2.35. The van der Waals surface area contributed by atoms with Gasteiger partial charge in [0, 0.05) is 12.5 Å². The first-order valence-corrected chi connectivity index (χ1v) is 8.95. The van der Waals surface area contributed by atoms with E-state index < -0.39 is 0 Å². The van der Waals surface area contributed by atoms with Gasteiger partial charge in [0.05, 0.1) is 6.61 Å². The van der Waals surface area contributed by atoms with Crippen LogP contribution in [0.3, 0.4) is 0 Å². The summed E-state index contributed by atoms with van der Waals surface area (Å²) in [4.78, 5) is 9.32. The summed E-state index contributed by atoms with van der Waals surface area (Å²) in [6.45, 7) is 8.71. The second-order valence-corrected chi connectivity index (χ2v) is 6.27. The summed E-state index contributed by atoms with van der Waals surface area (Å²) in [6.07, 6.45) is 11.0. The number of hydrogen-bond donors (Lipinski definition) is 2. The van der Waals surface area contributed by atoms with Crippen LogP contribution >= 0.6 is 0 Å². The zero-order chi connectivity index (χ0) is 19.3. The van der Waals surface area contributed by atoms with Crippen LogP contribution in [0.1, 0.15) is 63.6 Å². The van der Waals surface area contributed by atoms with Crippen molar-refractivity contribution in [2.75, 3.05) is 7.11 Å². The molecule has 0 bridgehead atoms. The zero-order valence-corrected chi connectivity index (χ0v) is 16.4. The summed E-state index contributed by atoms with van der Waals surface area (Å²) in [7, 11) is 1.00. The van der Waals surface area contributed by atoms with Crippen LogP contribution in [0.2, 0.25) is 0 Å². The third kappa shape index (κ3) is 6.60. The molecule has 1 aromatic rings. The first-order chi connectivity index (χ1) is 12.0. The fraction of sp³-hybridized carbons (Fsp3) is 0.500. The molecule has 0 aliphatic heterocycles. The molecule has 1 aromatic carbocycles. The Labute approximate surface area is 153 Å². The van der Waals surface area contributed by atoms with Gasteiger partial charge in [-0.25, -0.2) is 0 Å². The van der Waals surface area contributed by atoms with Crippen molar-refractivity contribution in [3.63, 3.8) is 0 Å². The Morgan fingerprint density at radius 3 is 2.36 bits per heavy atom. The lowest BCUT2D eigenvalue weighted by molar-refractivity contribution is -0.104. The zero-order valence-electron chi connectivity index (χ0n) is 16.4. The average molecular weight is 347 g/mol. The maximum atomic E-state index is 9.36. The SMILES string of the molecule is C/C=C/C=O.CCc1cc([C@@]2(C)CCCC=C2C)ccc1CO.CO. The van der Waals surface area contributed by atoms with Crippen molar-refractivity contribution >= 4 is 6.29 Å². The molecule has 2 N–H and O–H groups in total. The van der Waals surface area contributed by atoms with Gasteiger partial charge in [0.25, 0.3) is 0 Å². The van der Waals surface area contributed by atoms with Gasteiger partial charge in [-0.05, 0) is 62.3 Å². The van der Waals surface area contributed by atoms with Crippen molar-refractivity contribution in [2.24, 2.45) is 0 Å². The number of aliphatic hydroxyl groups is 2. The lowest BCUT2D eigenvalue weighted by Crippen LogP contribution is -2.26. The molecule has 140 valence electrons. The van der Waals surface area contributed by atoms with Crippen molar-refractivity contribution in [3.8, 4) is 0 Å². The van der Waals surface area contributed by atoms with E-state index in [2.05, 4.69) is 45.0 Å². The molecule has 0 heterocycles. The number of aldehydes is 1. The largest absolute Gasteiger partial charge is 0.400 e. The third-order valence-corrected chi connectivity index (χ3v) is 4.87. The lowest BCUT2D eigenvalue weighted by atomic mass is 9.69. The molecular formula is C22H34O3. The number of benzene rings is 1. The van der Waals surface area contributed by atoms with E-state index in [1.807, 2.05) is 0 Å². The van der Waals surface area contributed by atoms with E-state index in [-0.39, 0.29) is 12.0 Å². The van der Waals surface area contributed by atoms with Gasteiger partial charge < -0.3 is 10.2 Å². The minimum atomic E-state index is 0.148. The Morgan fingerprint density at radius 1 is 1.24 bits per heavy atom. The Balaban J connectivity index is 0.000000710. The van der Waals surface area contributed by atoms with Crippen molar-refractivity contribution in [3.05, 3.63) is 58.7 Å². The number of aliphatic hydroxyl groups excluding tert-OH is 2. The highest BCUT2D eigenvalue weighted by molar-refractivity contribution is 5.64. The van der Waals surface area contributed by atoms with E-state index in [0.717, 1.165) is 25.4 Å². The predicted octanol–water partition coefficient (Wildman–Crippen LogP) is 4.50. The smallest absolute Gasteiger partial charge is 0.142 e. The van der Waals surface area contributed by atoms with Crippen molar-refractivity contribution in [1.29, 1.82) is 0 Å². The highest BCUT2D eigenvalue weighted by Crippen LogP contribution is 2.40. The van der Waals surface area contributed by atoms with Crippen LogP contribution in [0.15, 0.2) is 42.0 Å². The van der Waals surface area contributed by atoms with E-state index in [0.29, 0.717) is 0 Å². The summed E-state index contributed by atoms with van der Waals surface area (Å²) < 4.78 is 0. The molecule has 1 aliphatic rings. The topological polar surface area (TPSA) is 57.5 Å². The molecular weight excluding hydrogens is 312 g/mol. The van der Waals surface area contributed by atoms with Crippen LogP contribution in [-0.2, 0) is 23.2 Å². The minimum Gasteiger partial charge on any atom is -0.400 e. The molecule has 0 amide bonds. The average Bonchev–Trinajstić information content (AvgIpc) is 2.66. The van der Waals surface area contributed by atoms with Gasteiger partial charge in [0.15, 0.2) is 0 Å². The molecule has 0 saturated carbocycles. The third-order valence-electron chi connectivity index (χ3n) is 4.87. The Kier molecular flexibility index (Phi) is 11.8. The van der Waals surface area contributed by atoms with Crippen molar-refractivity contribution < 1.29 is 15.0 Å². The monoisotopic (exact) mass is 346 g/mol. The summed E-state index contributed by atoms with van der Waals surface area (Å²) in [5, 5.41) is 16.4. The quantitative estimate of drug-likeness (QED) is 0.479. The normalized spacial score (nSPS) is 19.2. The van der Waals surface area contributed by atoms with E-state index in [4.69, 9.17) is 5.11 Å². The Bertz CT molecular complexity index is 573. The van der Waals surface area contributed by atoms with E-state index >= 15 is 0 Å². The highest BCUT2D eigenvalue weighted by atomic mass is 16.3. The summed E-state index contributed by atoms with van der Waals surface area (Å²) >= 11 is 0. The maximum Gasteiger partial charge on any atom is 0.142 e. The molecule has 0 saturated heterocycles. The van der Waals surface area contributed by atoms with Crippen LogP contribution in [0.5, 0.6) is 0 Å². The number of allylic oxidation sites excluding steroid dienone is 4. The Morgan fingerprint density at radius 2 is 1.92 bits per heavy atom. The second kappa shape index (κ2) is 12.6. The van der Waals surface area contributed by atoms with E-state index in [1.54, 1.807) is 13.0 Å². The highest BCUT2D eigenvalue weighted by Gasteiger charge is 2.30. The first-order valence-electron chi connectivity index (χ1n) is 8.95. The first kappa shape index (κ1) is 23.3. The fourth-order valence-electron chi connectivity index (χ4n) is 3.10. The van der Waals surface area contributed by atoms with Crippen LogP contribution in [0.4, 0.5) is 0 Å². The van der Waals surface area contributed by atoms with Crippen LogP contribution in [0, 0.1) is 0 Å². The molecule has 0 spiro atoms. The molecule has 2 rings (SSSR count). The van der Waals surface area contributed by atoms with Gasteiger partial charge in [-0.2, -0.15) is 0 Å². The second-order valence-electron chi connectivity index (χ2n) is 6.27. The molecule has 0 unspecified atom stereocenters. The van der Waals surface area contributed by atoms with Crippen molar-refractivity contribution in [2.45, 2.75) is 65.4 Å². The number of aryl methyl sites for hydroxylation is 1. The molecule has 0 radical (unpaired) electrons. The summed E-state index contributed by atoms with van der Waals surface area (Å²) in [6, 6.07) is 6.60. The van der Waals surface area contributed by atoms with Gasteiger partial charge in [-0.15, -0.1) is 0 Å². The Hall–Kier alpha value is -1.71. The van der Waals surface area contributed by atoms with Gasteiger partial charge in [-0.3, -0.25) is 4.79 Å². The molecule has 0 fully saturated rings. The number of rotatable bonds is 4. The van der Waals surface area contributed by atoms with Crippen LogP contribution < -0.4 is 0 Å². The van der Waals surface area contributed by atoms with Gasteiger partial charge in [0.1, 0.15) is 6.29 Å². The van der Waals surface area contributed by atoms with E-state index in [9.17, 15) is 9.90 Å². The van der Waals surface area contributed by atoms with E-state index in [1.165, 1.54) is 42.0 Å². The molecule has 1 atom stereocenters. The number of hydrogen-bond acceptors (Lipinski definition) is 3. The molecule has 1 aliphatic carbocycles. The van der Waals surface area contributed by atoms with Crippen molar-refractivity contribution in [1.82, 2.24) is 0 Å². The summed E-state index contributed by atoms with van der Waals surface area (Å²) in [5.74, 6) is 0. The molecule has 25 heavy (non-hydrogen) atoms. The summed E-state index contributed by atoms with van der Waals surface area (Å²) in [5.41, 5.74) is 5.45. The minimum absolute atomic E-state index is 0.148. The molecule has 3 heteroatoms. The standard InChI is InChI=1S/C17H24O.C4H6O.CH4O/c1-4-14-11-16(9-8-15(14)12-18)17(3)10-6-5-7-13(17)2;1-2-3-4-5;1-2/h7-9,11,18H,4-6,10,12H2,1-3H3;2-4H,1H3;2H,1H3/b;3-2+;/t17-;;/m0../s1.